The zero-order chi connectivity index (χ0) is 17.1. The number of hydrogen-bond donors (Lipinski definition) is 2. The second-order valence-corrected chi connectivity index (χ2v) is 6.34. The minimum atomic E-state index is -0.373. The summed E-state index contributed by atoms with van der Waals surface area (Å²) in [5.74, 6) is -0.0226. The Bertz CT molecular complexity index is 721. The molecular weight excluding hydrogens is 373 g/mol. The van der Waals surface area contributed by atoms with Crippen molar-refractivity contribution in [1.82, 2.24) is 20.4 Å². The Morgan fingerprint density at radius 2 is 2.08 bits per heavy atom. The number of anilines is 1. The van der Waals surface area contributed by atoms with Crippen molar-refractivity contribution in [2.45, 2.75) is 25.4 Å². The van der Waals surface area contributed by atoms with Gasteiger partial charge in [-0.15, -0.1) is 24.8 Å². The fourth-order valence-electron chi connectivity index (χ4n) is 3.41. The molecule has 3 rings (SSSR count). The van der Waals surface area contributed by atoms with E-state index in [1.165, 1.54) is 11.3 Å². The molecule has 0 bridgehead atoms. The second-order valence-electron chi connectivity index (χ2n) is 6.34. The molecular formula is C18H27Cl2N5O. The molecule has 8 heteroatoms. The first-order valence-electron chi connectivity index (χ1n) is 8.38. The number of aryl methyl sites for hydroxylation is 1. The third kappa shape index (κ3) is 4.69. The number of carbonyl (C=O) groups excluding carboxylic acids is 1. The summed E-state index contributed by atoms with van der Waals surface area (Å²) in [7, 11) is 3.64. The molecule has 2 N–H and O–H groups in total. The van der Waals surface area contributed by atoms with Crippen LogP contribution < -0.4 is 15.5 Å². The summed E-state index contributed by atoms with van der Waals surface area (Å²) in [5.41, 5.74) is 3.55. The number of para-hydroxylation sites is 1. The zero-order valence-electron chi connectivity index (χ0n) is 15.3. The van der Waals surface area contributed by atoms with Gasteiger partial charge in [0.1, 0.15) is 6.04 Å². The number of fused-ring (bicyclic) bond motifs is 1. The van der Waals surface area contributed by atoms with Gasteiger partial charge in [0, 0.05) is 43.6 Å². The Hall–Kier alpha value is -1.76. The van der Waals surface area contributed by atoms with Crippen LogP contribution in [0.15, 0.2) is 36.7 Å². The summed E-state index contributed by atoms with van der Waals surface area (Å²) in [4.78, 5) is 14.8. The number of aromatic nitrogens is 2. The van der Waals surface area contributed by atoms with Crippen molar-refractivity contribution in [2.24, 2.45) is 7.05 Å². The van der Waals surface area contributed by atoms with Crippen molar-refractivity contribution >= 4 is 36.4 Å². The molecule has 2 heterocycles. The van der Waals surface area contributed by atoms with Crippen LogP contribution >= 0.6 is 24.8 Å². The zero-order valence-corrected chi connectivity index (χ0v) is 16.9. The number of nitrogens with one attached hydrogen (secondary N) is 2. The predicted molar refractivity (Wildman–Crippen MR) is 109 cm³/mol. The maximum absolute atomic E-state index is 12.5. The van der Waals surface area contributed by atoms with Crippen molar-refractivity contribution in [3.8, 4) is 0 Å². The van der Waals surface area contributed by atoms with Crippen LogP contribution in [0.3, 0.4) is 0 Å². The maximum atomic E-state index is 12.5. The van der Waals surface area contributed by atoms with Crippen LogP contribution in [0.4, 0.5) is 5.69 Å². The van der Waals surface area contributed by atoms with E-state index in [2.05, 4.69) is 51.8 Å². The topological polar surface area (TPSA) is 62.2 Å². The highest BCUT2D eigenvalue weighted by Crippen LogP contribution is 2.31. The molecule has 1 aromatic carbocycles. The molecule has 0 aliphatic carbocycles. The van der Waals surface area contributed by atoms with Gasteiger partial charge in [-0.1, -0.05) is 18.2 Å². The number of benzene rings is 1. The molecule has 6 nitrogen and oxygen atoms in total. The number of halogens is 2. The fraction of sp³-hybridized carbons (Fsp3) is 0.444. The van der Waals surface area contributed by atoms with Crippen LogP contribution in [0, 0.1) is 0 Å². The number of amides is 1. The second kappa shape index (κ2) is 9.80. The minimum Gasteiger partial charge on any atom is -0.367 e. The van der Waals surface area contributed by atoms with Gasteiger partial charge in [0.05, 0.1) is 6.20 Å². The van der Waals surface area contributed by atoms with Gasteiger partial charge in [-0.25, -0.2) is 0 Å². The van der Waals surface area contributed by atoms with Crippen LogP contribution in [-0.2, 0) is 18.3 Å². The molecule has 144 valence electrons. The molecule has 0 saturated carbocycles. The first kappa shape index (κ1) is 22.3. The standard InChI is InChI=1S/C18H25N5O.2ClH/c1-13-10-14-6-4-5-7-16(14)23(13)9-8-20-18(24)17(19-2)15-11-21-22(3)12-15;;/h4-7,11-13,17,19H,8-10H2,1-3H3,(H,20,24);2*1H. The summed E-state index contributed by atoms with van der Waals surface area (Å²) in [6.07, 6.45) is 4.65. The highest BCUT2D eigenvalue weighted by atomic mass is 35.5. The number of nitrogens with zero attached hydrogens (tertiary/aromatic N) is 3. The first-order chi connectivity index (χ1) is 11.6. The van der Waals surface area contributed by atoms with Crippen molar-refractivity contribution in [3.05, 3.63) is 47.8 Å². The summed E-state index contributed by atoms with van der Waals surface area (Å²) in [6, 6.07) is 8.60. The average molecular weight is 400 g/mol. The highest BCUT2D eigenvalue weighted by molar-refractivity contribution is 5.85. The lowest BCUT2D eigenvalue weighted by Crippen LogP contribution is -2.41. The number of likely N-dealkylation sites (N-methyl/N-ethyl adjacent to an activating group) is 1. The number of hydrogen-bond acceptors (Lipinski definition) is 4. The molecule has 2 aromatic rings. The number of carbonyl (C=O) groups is 1. The maximum Gasteiger partial charge on any atom is 0.241 e. The van der Waals surface area contributed by atoms with Gasteiger partial charge in [-0.05, 0) is 32.0 Å². The Labute approximate surface area is 167 Å². The Balaban J connectivity index is 0.00000169. The van der Waals surface area contributed by atoms with Crippen molar-refractivity contribution in [1.29, 1.82) is 0 Å². The van der Waals surface area contributed by atoms with Crippen LogP contribution in [-0.4, -0.2) is 41.9 Å². The first-order valence-corrected chi connectivity index (χ1v) is 8.38. The number of rotatable bonds is 6. The van der Waals surface area contributed by atoms with Crippen LogP contribution in [0.2, 0.25) is 0 Å². The molecule has 2 atom stereocenters. The van der Waals surface area contributed by atoms with E-state index in [0.29, 0.717) is 12.6 Å². The average Bonchev–Trinajstić information content (AvgIpc) is 3.12. The molecule has 0 radical (unpaired) electrons. The SMILES string of the molecule is CNC(C(=O)NCCN1c2ccccc2CC1C)c1cnn(C)c1.Cl.Cl. The Morgan fingerprint density at radius 3 is 2.73 bits per heavy atom. The van der Waals surface area contributed by atoms with Crippen molar-refractivity contribution in [2.75, 3.05) is 25.0 Å². The predicted octanol–water partition coefficient (Wildman–Crippen LogP) is 2.09. The lowest BCUT2D eigenvalue weighted by molar-refractivity contribution is -0.123. The van der Waals surface area contributed by atoms with Gasteiger partial charge in [0.25, 0.3) is 0 Å². The van der Waals surface area contributed by atoms with E-state index < -0.39 is 0 Å². The largest absolute Gasteiger partial charge is 0.367 e. The molecule has 1 aliphatic rings. The molecule has 1 aliphatic heterocycles. The molecule has 1 amide bonds. The summed E-state index contributed by atoms with van der Waals surface area (Å²) in [5, 5.41) is 10.2. The van der Waals surface area contributed by atoms with E-state index in [0.717, 1.165) is 18.5 Å². The molecule has 0 saturated heterocycles. The van der Waals surface area contributed by atoms with E-state index in [1.807, 2.05) is 13.2 Å². The van der Waals surface area contributed by atoms with Crippen LogP contribution in [0.1, 0.15) is 24.1 Å². The summed E-state index contributed by atoms with van der Waals surface area (Å²) in [6.45, 7) is 3.66. The monoisotopic (exact) mass is 399 g/mol. The van der Waals surface area contributed by atoms with E-state index in [-0.39, 0.29) is 36.8 Å². The van der Waals surface area contributed by atoms with Gasteiger partial charge in [0.2, 0.25) is 5.91 Å². The third-order valence-electron chi connectivity index (χ3n) is 4.61. The van der Waals surface area contributed by atoms with Gasteiger partial charge in [-0.2, -0.15) is 5.10 Å². The third-order valence-corrected chi connectivity index (χ3v) is 4.61. The lowest BCUT2D eigenvalue weighted by Gasteiger charge is -2.25. The van der Waals surface area contributed by atoms with E-state index in [1.54, 1.807) is 17.9 Å². The normalized spacial score (nSPS) is 16.3. The smallest absolute Gasteiger partial charge is 0.241 e. The van der Waals surface area contributed by atoms with Gasteiger partial charge in [0.15, 0.2) is 0 Å². The summed E-state index contributed by atoms with van der Waals surface area (Å²) >= 11 is 0. The molecule has 1 aromatic heterocycles. The van der Waals surface area contributed by atoms with Gasteiger partial charge >= 0.3 is 0 Å². The molecule has 0 spiro atoms. The Kier molecular flexibility index (Phi) is 8.40. The van der Waals surface area contributed by atoms with Crippen molar-refractivity contribution < 1.29 is 4.79 Å². The van der Waals surface area contributed by atoms with Crippen molar-refractivity contribution in [3.63, 3.8) is 0 Å². The highest BCUT2D eigenvalue weighted by Gasteiger charge is 2.25. The van der Waals surface area contributed by atoms with E-state index in [9.17, 15) is 4.79 Å². The van der Waals surface area contributed by atoms with Gasteiger partial charge in [-0.3, -0.25) is 9.48 Å². The van der Waals surface area contributed by atoms with E-state index >= 15 is 0 Å². The fourth-order valence-corrected chi connectivity index (χ4v) is 3.41. The molecule has 26 heavy (non-hydrogen) atoms. The van der Waals surface area contributed by atoms with E-state index in [4.69, 9.17) is 0 Å². The van der Waals surface area contributed by atoms with Gasteiger partial charge < -0.3 is 15.5 Å². The molecule has 2 unspecified atom stereocenters. The summed E-state index contributed by atoms with van der Waals surface area (Å²) < 4.78 is 1.70. The minimum absolute atomic E-state index is 0. The van der Waals surface area contributed by atoms with Crippen LogP contribution in [0.25, 0.3) is 0 Å². The lowest BCUT2D eigenvalue weighted by atomic mass is 10.1. The quantitative estimate of drug-likeness (QED) is 0.780. The Morgan fingerprint density at radius 1 is 1.35 bits per heavy atom. The van der Waals surface area contributed by atoms with Crippen LogP contribution in [0.5, 0.6) is 0 Å². The molecule has 0 fully saturated rings.